The molecular weight excluding hydrogens is 410 g/mol. The number of hydrogen-bond acceptors (Lipinski definition) is 5. The van der Waals surface area contributed by atoms with Crippen molar-refractivity contribution >= 4 is 11.7 Å². The number of nitrogens with zero attached hydrogens (tertiary/aromatic N) is 2. The average molecular weight is 450 g/mol. The number of hydrazine groups is 2. The van der Waals surface area contributed by atoms with Gasteiger partial charge in [-0.05, 0) is 34.4 Å². The molecule has 1 aliphatic heterocycles. The van der Waals surface area contributed by atoms with E-state index in [0.29, 0.717) is 18.9 Å². The van der Waals surface area contributed by atoms with Crippen molar-refractivity contribution in [1.82, 2.24) is 21.4 Å². The molecule has 6 heteroatoms. The summed E-state index contributed by atoms with van der Waals surface area (Å²) in [5.41, 5.74) is 12.9. The number of hydrogen-bond donors (Lipinski definition) is 3. The van der Waals surface area contributed by atoms with Gasteiger partial charge in [0.2, 0.25) is 5.91 Å². The van der Waals surface area contributed by atoms with E-state index in [9.17, 15) is 4.79 Å². The molecule has 2 aromatic rings. The number of unbranched alkanes of at least 4 members (excludes halogenated alkanes) is 1. The van der Waals surface area contributed by atoms with Crippen LogP contribution in [-0.4, -0.2) is 22.7 Å². The molecule has 1 heterocycles. The van der Waals surface area contributed by atoms with Crippen LogP contribution in [0.1, 0.15) is 71.9 Å². The molecule has 178 valence electrons. The lowest BCUT2D eigenvalue weighted by Gasteiger charge is -2.43. The van der Waals surface area contributed by atoms with Crippen LogP contribution in [-0.2, 0) is 11.3 Å². The van der Waals surface area contributed by atoms with Gasteiger partial charge < -0.3 is 4.90 Å². The maximum Gasteiger partial charge on any atom is 0.223 e. The summed E-state index contributed by atoms with van der Waals surface area (Å²) >= 11 is 0. The molecule has 0 aliphatic carbocycles. The Morgan fingerprint density at radius 1 is 1.03 bits per heavy atom. The number of amidine groups is 1. The molecule has 0 spiro atoms. The van der Waals surface area contributed by atoms with Crippen molar-refractivity contribution < 1.29 is 4.79 Å². The Morgan fingerprint density at radius 3 is 2.24 bits per heavy atom. The maximum absolute atomic E-state index is 13.3. The summed E-state index contributed by atoms with van der Waals surface area (Å²) < 4.78 is 0. The molecule has 6 nitrogen and oxygen atoms in total. The number of benzene rings is 2. The second-order valence-electron chi connectivity index (χ2n) is 10.2. The Kier molecular flexibility index (Phi) is 8.14. The quantitative estimate of drug-likeness (QED) is 0.491. The molecule has 0 fully saturated rings. The zero-order valence-corrected chi connectivity index (χ0v) is 20.9. The van der Waals surface area contributed by atoms with Gasteiger partial charge in [-0.1, -0.05) is 96.5 Å². The number of carbonyl (C=O) groups excluding carboxylic acids is 1. The summed E-state index contributed by atoms with van der Waals surface area (Å²) in [5, 5.41) is 4.25. The Morgan fingerprint density at radius 2 is 1.70 bits per heavy atom. The molecule has 1 atom stereocenters. The van der Waals surface area contributed by atoms with E-state index < -0.39 is 0 Å². The lowest BCUT2D eigenvalue weighted by Crippen LogP contribution is -2.49. The second-order valence-corrected chi connectivity index (χ2v) is 10.2. The van der Waals surface area contributed by atoms with Gasteiger partial charge in [0.1, 0.15) is 0 Å². The fourth-order valence-electron chi connectivity index (χ4n) is 4.89. The van der Waals surface area contributed by atoms with Crippen molar-refractivity contribution in [3.05, 3.63) is 59.7 Å². The van der Waals surface area contributed by atoms with Crippen molar-refractivity contribution in [3.63, 3.8) is 0 Å². The lowest BCUT2D eigenvalue weighted by molar-refractivity contribution is -0.138. The standard InChI is InChI=1S/C27H39N5O/c1-7-8-13-24(33)32(25(19(2)3)27(4,5)6)18-20-14-16-21(17-15-20)22-11-9-10-12-23(22)26-28-30-31-29-26/h9-12,14-17,19,25,30-31H,7-8,13,18H2,1-6H3,(H,28,29)/t25-/m0/s1. The predicted octanol–water partition coefficient (Wildman–Crippen LogP) is 5.22. The minimum absolute atomic E-state index is 0.00595. The van der Waals surface area contributed by atoms with E-state index in [4.69, 9.17) is 0 Å². The third kappa shape index (κ3) is 6.14. The Hall–Kier alpha value is -2.86. The summed E-state index contributed by atoms with van der Waals surface area (Å²) in [5.74, 6) is 1.39. The van der Waals surface area contributed by atoms with Crippen LogP contribution in [0.4, 0.5) is 0 Å². The molecule has 0 unspecified atom stereocenters. The highest BCUT2D eigenvalue weighted by atomic mass is 16.2. The highest BCUT2D eigenvalue weighted by Crippen LogP contribution is 2.32. The van der Waals surface area contributed by atoms with Gasteiger partial charge in [0, 0.05) is 24.6 Å². The first-order chi connectivity index (χ1) is 15.7. The van der Waals surface area contributed by atoms with Crippen LogP contribution in [0.3, 0.4) is 0 Å². The minimum atomic E-state index is 0.00595. The van der Waals surface area contributed by atoms with E-state index >= 15 is 0 Å². The zero-order chi connectivity index (χ0) is 24.0. The summed E-state index contributed by atoms with van der Waals surface area (Å²) in [4.78, 5) is 15.4. The molecule has 0 bridgehead atoms. The van der Waals surface area contributed by atoms with E-state index in [1.807, 2.05) is 12.1 Å². The van der Waals surface area contributed by atoms with Crippen LogP contribution in [0, 0.1) is 11.3 Å². The van der Waals surface area contributed by atoms with Crippen LogP contribution in [0.5, 0.6) is 0 Å². The van der Waals surface area contributed by atoms with Crippen LogP contribution in [0.15, 0.2) is 53.6 Å². The lowest BCUT2D eigenvalue weighted by atomic mass is 9.78. The molecule has 1 aliphatic rings. The molecule has 3 rings (SSSR count). The van der Waals surface area contributed by atoms with Gasteiger partial charge in [-0.2, -0.15) is 0 Å². The number of amides is 1. The molecule has 0 saturated heterocycles. The first-order valence-corrected chi connectivity index (χ1v) is 12.0. The fraction of sp³-hybridized carbons (Fsp3) is 0.481. The van der Waals surface area contributed by atoms with Crippen molar-refractivity contribution in [3.8, 4) is 11.1 Å². The largest absolute Gasteiger partial charge is 0.335 e. The number of hydrazone groups is 1. The molecule has 33 heavy (non-hydrogen) atoms. The molecule has 1 amide bonds. The first-order valence-electron chi connectivity index (χ1n) is 12.0. The minimum Gasteiger partial charge on any atom is -0.335 e. The summed E-state index contributed by atoms with van der Waals surface area (Å²) in [7, 11) is 0. The Bertz CT molecular complexity index is 959. The molecule has 0 aromatic heterocycles. The average Bonchev–Trinajstić information content (AvgIpc) is 3.31. The van der Waals surface area contributed by atoms with E-state index in [1.54, 1.807) is 0 Å². The topological polar surface area (TPSA) is 68.8 Å². The van der Waals surface area contributed by atoms with Gasteiger partial charge in [-0.15, -0.1) is 10.6 Å². The van der Waals surface area contributed by atoms with Gasteiger partial charge >= 0.3 is 0 Å². The normalized spacial score (nSPS) is 14.5. The van der Waals surface area contributed by atoms with Crippen LogP contribution < -0.4 is 16.5 Å². The number of carbonyl (C=O) groups is 1. The molecule has 2 aromatic carbocycles. The third-order valence-electron chi connectivity index (χ3n) is 6.12. The van der Waals surface area contributed by atoms with E-state index in [2.05, 4.69) is 104 Å². The van der Waals surface area contributed by atoms with Crippen molar-refractivity contribution in [2.45, 2.75) is 73.4 Å². The summed E-state index contributed by atoms with van der Waals surface area (Å²) in [6.07, 6.45) is 2.57. The zero-order valence-electron chi connectivity index (χ0n) is 20.9. The Labute approximate surface area is 198 Å². The van der Waals surface area contributed by atoms with E-state index in [-0.39, 0.29) is 17.4 Å². The molecule has 0 saturated carbocycles. The first kappa shape index (κ1) is 24.8. The predicted molar refractivity (Wildman–Crippen MR) is 136 cm³/mol. The van der Waals surface area contributed by atoms with Gasteiger partial charge in [-0.25, -0.2) is 5.53 Å². The fourth-order valence-corrected chi connectivity index (χ4v) is 4.89. The molecular formula is C27H39N5O. The van der Waals surface area contributed by atoms with Crippen LogP contribution in [0.25, 0.3) is 11.1 Å². The number of rotatable bonds is 9. The maximum atomic E-state index is 13.3. The Balaban J connectivity index is 1.87. The number of nitrogens with one attached hydrogen (secondary N) is 3. The van der Waals surface area contributed by atoms with Crippen molar-refractivity contribution in [1.29, 1.82) is 0 Å². The van der Waals surface area contributed by atoms with Gasteiger partial charge in [-0.3, -0.25) is 10.2 Å². The van der Waals surface area contributed by atoms with Crippen molar-refractivity contribution in [2.24, 2.45) is 16.4 Å². The summed E-state index contributed by atoms with van der Waals surface area (Å²) in [6, 6.07) is 16.9. The van der Waals surface area contributed by atoms with Crippen LogP contribution in [0.2, 0.25) is 0 Å². The highest BCUT2D eigenvalue weighted by molar-refractivity contribution is 6.04. The van der Waals surface area contributed by atoms with Gasteiger partial charge in [0.05, 0.1) is 0 Å². The third-order valence-corrected chi connectivity index (χ3v) is 6.12. The molecule has 3 N–H and O–H groups in total. The van der Waals surface area contributed by atoms with E-state index in [1.165, 1.54) is 0 Å². The van der Waals surface area contributed by atoms with Gasteiger partial charge in [0.25, 0.3) is 0 Å². The monoisotopic (exact) mass is 449 g/mol. The molecule has 0 radical (unpaired) electrons. The second kappa shape index (κ2) is 10.8. The smallest absolute Gasteiger partial charge is 0.223 e. The van der Waals surface area contributed by atoms with Gasteiger partial charge in [0.15, 0.2) is 5.84 Å². The highest BCUT2D eigenvalue weighted by Gasteiger charge is 2.35. The van der Waals surface area contributed by atoms with Crippen LogP contribution >= 0.6 is 0 Å². The van der Waals surface area contributed by atoms with Crippen molar-refractivity contribution in [2.75, 3.05) is 0 Å². The van der Waals surface area contributed by atoms with E-state index in [0.717, 1.165) is 40.9 Å². The summed E-state index contributed by atoms with van der Waals surface area (Å²) in [6.45, 7) is 13.9. The SMILES string of the molecule is CCCCC(=O)N(Cc1ccc(-c2ccccc2C2=NNNN2)cc1)[C@@H](C(C)C)C(C)(C)C.